The Labute approximate surface area is 193 Å². The number of phenols is 1. The molecule has 1 saturated heterocycles. The van der Waals surface area contributed by atoms with E-state index in [0.717, 1.165) is 16.8 Å². The number of aromatic hydroxyl groups is 1. The van der Waals surface area contributed by atoms with Crippen molar-refractivity contribution in [2.75, 3.05) is 37.8 Å². The number of rotatable bonds is 8. The Hall–Kier alpha value is -3.26. The summed E-state index contributed by atoms with van der Waals surface area (Å²) in [4.78, 5) is 11.3. The summed E-state index contributed by atoms with van der Waals surface area (Å²) >= 11 is 0. The number of piperidine rings is 1. The highest BCUT2D eigenvalue weighted by atomic mass is 16.5. The molecule has 0 spiro atoms. The van der Waals surface area contributed by atoms with Crippen molar-refractivity contribution in [1.29, 1.82) is 0 Å². The van der Waals surface area contributed by atoms with Crippen LogP contribution in [0.25, 0.3) is 10.9 Å². The molecule has 3 aromatic rings. The summed E-state index contributed by atoms with van der Waals surface area (Å²) < 4.78 is 17.7. The minimum absolute atomic E-state index is 0.189. The first-order chi connectivity index (χ1) is 16.0. The molecule has 0 bridgehead atoms. The SMILES string of the molecule is CCOc1cc2c(N3CCC(O)(c4ccc(O)cc4)CC3)ncnc2c(OCC)c1OCC. The monoisotopic (exact) mass is 453 g/mol. The molecule has 33 heavy (non-hydrogen) atoms. The van der Waals surface area contributed by atoms with Crippen molar-refractivity contribution in [1.82, 2.24) is 9.97 Å². The second-order valence-electron chi connectivity index (χ2n) is 7.99. The predicted molar refractivity (Wildman–Crippen MR) is 126 cm³/mol. The Kier molecular flexibility index (Phi) is 6.74. The van der Waals surface area contributed by atoms with Crippen LogP contribution in [-0.2, 0) is 5.60 Å². The summed E-state index contributed by atoms with van der Waals surface area (Å²) in [6.45, 7) is 8.44. The fourth-order valence-electron chi connectivity index (χ4n) is 4.34. The van der Waals surface area contributed by atoms with Gasteiger partial charge in [0.2, 0.25) is 5.75 Å². The van der Waals surface area contributed by atoms with Crippen LogP contribution in [0.3, 0.4) is 0 Å². The molecule has 0 unspecified atom stereocenters. The number of hydrogen-bond donors (Lipinski definition) is 2. The summed E-state index contributed by atoms with van der Waals surface area (Å²) in [5, 5.41) is 21.6. The Morgan fingerprint density at radius 2 is 1.55 bits per heavy atom. The highest BCUT2D eigenvalue weighted by molar-refractivity contribution is 5.97. The molecule has 2 heterocycles. The van der Waals surface area contributed by atoms with Gasteiger partial charge in [-0.25, -0.2) is 9.97 Å². The average Bonchev–Trinajstić information content (AvgIpc) is 2.82. The van der Waals surface area contributed by atoms with Gasteiger partial charge in [0.05, 0.1) is 30.8 Å². The van der Waals surface area contributed by atoms with Crippen LogP contribution in [0, 0.1) is 0 Å². The fourth-order valence-corrected chi connectivity index (χ4v) is 4.34. The van der Waals surface area contributed by atoms with Crippen molar-refractivity contribution in [3.05, 3.63) is 42.2 Å². The first kappa shape index (κ1) is 22.9. The van der Waals surface area contributed by atoms with Crippen LogP contribution in [0.2, 0.25) is 0 Å². The van der Waals surface area contributed by atoms with Gasteiger partial charge in [0, 0.05) is 13.1 Å². The summed E-state index contributed by atoms with van der Waals surface area (Å²) in [7, 11) is 0. The van der Waals surface area contributed by atoms with Gasteiger partial charge in [-0.1, -0.05) is 12.1 Å². The lowest BCUT2D eigenvalue weighted by molar-refractivity contribution is 0.0117. The number of benzene rings is 2. The van der Waals surface area contributed by atoms with Gasteiger partial charge >= 0.3 is 0 Å². The number of anilines is 1. The molecular weight excluding hydrogens is 422 g/mol. The molecule has 2 N–H and O–H groups in total. The lowest BCUT2D eigenvalue weighted by Gasteiger charge is -2.39. The standard InChI is InChI=1S/C25H31N3O5/c1-4-31-20-15-19-21(23(33-6-3)22(20)32-5-2)26-16-27-24(19)28-13-11-25(30,12-14-28)17-7-9-18(29)10-8-17/h7-10,15-16,29-30H,4-6,11-14H2,1-3H3. The van der Waals surface area contributed by atoms with Crippen LogP contribution >= 0.6 is 0 Å². The third kappa shape index (κ3) is 4.48. The fraction of sp³-hybridized carbons (Fsp3) is 0.440. The van der Waals surface area contributed by atoms with Crippen LogP contribution in [-0.4, -0.2) is 53.1 Å². The van der Waals surface area contributed by atoms with Crippen LogP contribution in [0.15, 0.2) is 36.7 Å². The molecule has 8 nitrogen and oxygen atoms in total. The van der Waals surface area contributed by atoms with E-state index in [-0.39, 0.29) is 5.75 Å². The van der Waals surface area contributed by atoms with Crippen molar-refractivity contribution in [3.63, 3.8) is 0 Å². The second-order valence-corrected chi connectivity index (χ2v) is 7.99. The van der Waals surface area contributed by atoms with Gasteiger partial charge in [-0.2, -0.15) is 0 Å². The number of aromatic nitrogens is 2. The largest absolute Gasteiger partial charge is 0.508 e. The van der Waals surface area contributed by atoms with Gasteiger partial charge < -0.3 is 29.3 Å². The van der Waals surface area contributed by atoms with E-state index in [1.54, 1.807) is 24.3 Å². The van der Waals surface area contributed by atoms with E-state index in [1.807, 2.05) is 26.8 Å². The van der Waals surface area contributed by atoms with Crippen molar-refractivity contribution < 1.29 is 24.4 Å². The lowest BCUT2D eigenvalue weighted by atomic mass is 9.84. The molecule has 1 aliphatic heterocycles. The van der Waals surface area contributed by atoms with Crippen molar-refractivity contribution in [2.45, 2.75) is 39.2 Å². The molecule has 0 atom stereocenters. The smallest absolute Gasteiger partial charge is 0.205 e. The van der Waals surface area contributed by atoms with Gasteiger partial charge in [0.15, 0.2) is 11.5 Å². The normalized spacial score (nSPS) is 15.5. The zero-order chi connectivity index (χ0) is 23.4. The number of aliphatic hydroxyl groups is 1. The average molecular weight is 454 g/mol. The maximum atomic E-state index is 11.2. The summed E-state index contributed by atoms with van der Waals surface area (Å²) in [6, 6.07) is 8.70. The van der Waals surface area contributed by atoms with E-state index in [2.05, 4.69) is 14.9 Å². The van der Waals surface area contributed by atoms with Crippen molar-refractivity contribution in [3.8, 4) is 23.0 Å². The summed E-state index contributed by atoms with van der Waals surface area (Å²) in [5.74, 6) is 2.68. The van der Waals surface area contributed by atoms with E-state index in [4.69, 9.17) is 14.2 Å². The molecule has 4 rings (SSSR count). The maximum Gasteiger partial charge on any atom is 0.205 e. The van der Waals surface area contributed by atoms with E-state index in [9.17, 15) is 10.2 Å². The van der Waals surface area contributed by atoms with Crippen LogP contribution in [0.4, 0.5) is 5.82 Å². The number of ether oxygens (including phenoxy) is 3. The molecule has 1 fully saturated rings. The highest BCUT2D eigenvalue weighted by Crippen LogP contribution is 2.45. The molecule has 1 aromatic heterocycles. The molecule has 1 aliphatic rings. The topological polar surface area (TPSA) is 97.2 Å². The molecule has 0 amide bonds. The first-order valence-corrected chi connectivity index (χ1v) is 11.5. The molecule has 0 radical (unpaired) electrons. The van der Waals surface area contributed by atoms with Crippen molar-refractivity contribution in [2.24, 2.45) is 0 Å². The van der Waals surface area contributed by atoms with Crippen LogP contribution < -0.4 is 19.1 Å². The number of hydrogen-bond acceptors (Lipinski definition) is 8. The number of phenolic OH excluding ortho intramolecular Hbond substituents is 1. The summed E-state index contributed by atoms with van der Waals surface area (Å²) in [6.07, 6.45) is 2.62. The third-order valence-corrected chi connectivity index (χ3v) is 5.96. The predicted octanol–water partition coefficient (Wildman–Crippen LogP) is 4.02. The summed E-state index contributed by atoms with van der Waals surface area (Å²) in [5.41, 5.74) is 0.543. The second kappa shape index (κ2) is 9.70. The van der Waals surface area contributed by atoms with Gasteiger partial charge in [0.1, 0.15) is 23.4 Å². The molecule has 2 aromatic carbocycles. The highest BCUT2D eigenvalue weighted by Gasteiger charge is 2.35. The molecule has 8 heteroatoms. The first-order valence-electron chi connectivity index (χ1n) is 11.5. The third-order valence-electron chi connectivity index (χ3n) is 5.96. The minimum atomic E-state index is -0.942. The van der Waals surface area contributed by atoms with E-state index in [1.165, 1.54) is 6.33 Å². The van der Waals surface area contributed by atoms with Gasteiger partial charge in [-0.15, -0.1) is 0 Å². The quantitative estimate of drug-likeness (QED) is 0.528. The Bertz CT molecular complexity index is 1100. The van der Waals surface area contributed by atoms with Gasteiger partial charge in [-0.05, 0) is 57.4 Å². The minimum Gasteiger partial charge on any atom is -0.508 e. The van der Waals surface area contributed by atoms with Crippen LogP contribution in [0.1, 0.15) is 39.2 Å². The molecule has 0 saturated carbocycles. The molecular formula is C25H31N3O5. The van der Waals surface area contributed by atoms with E-state index < -0.39 is 5.60 Å². The van der Waals surface area contributed by atoms with Gasteiger partial charge in [0.25, 0.3) is 0 Å². The Morgan fingerprint density at radius 3 is 2.18 bits per heavy atom. The number of nitrogens with zero attached hydrogens (tertiary/aromatic N) is 3. The maximum absolute atomic E-state index is 11.2. The zero-order valence-corrected chi connectivity index (χ0v) is 19.4. The van der Waals surface area contributed by atoms with E-state index >= 15 is 0 Å². The Balaban J connectivity index is 1.70. The van der Waals surface area contributed by atoms with E-state index in [0.29, 0.717) is 68.5 Å². The van der Waals surface area contributed by atoms with Gasteiger partial charge in [-0.3, -0.25) is 0 Å². The lowest BCUT2D eigenvalue weighted by Crippen LogP contribution is -2.43. The van der Waals surface area contributed by atoms with Crippen LogP contribution in [0.5, 0.6) is 23.0 Å². The number of fused-ring (bicyclic) bond motifs is 1. The zero-order valence-electron chi connectivity index (χ0n) is 19.4. The Morgan fingerprint density at radius 1 is 0.909 bits per heavy atom. The van der Waals surface area contributed by atoms with Crippen molar-refractivity contribution >= 4 is 16.7 Å². The molecule has 0 aliphatic carbocycles. The molecule has 176 valence electrons.